The molecule has 1 aromatic carbocycles. The number of nitrogens with zero attached hydrogens (tertiary/aromatic N) is 1. The van der Waals surface area contributed by atoms with Crippen LogP contribution in [0.15, 0.2) is 29.2 Å². The van der Waals surface area contributed by atoms with E-state index in [0.29, 0.717) is 0 Å². The van der Waals surface area contributed by atoms with Gasteiger partial charge in [-0.15, -0.1) is 0 Å². The van der Waals surface area contributed by atoms with Crippen LogP contribution < -0.4 is 0 Å². The van der Waals surface area contributed by atoms with Crippen LogP contribution >= 0.6 is 0 Å². The normalized spacial score (nSPS) is 12.1. The number of hydrogen-bond donors (Lipinski definition) is 0. The van der Waals surface area contributed by atoms with E-state index < -0.39 is 22.2 Å². The van der Waals surface area contributed by atoms with E-state index in [1.807, 2.05) is 0 Å². The van der Waals surface area contributed by atoms with Crippen LogP contribution in [0.4, 0.5) is 8.78 Å². The second-order valence-corrected chi connectivity index (χ2v) is 5.75. The molecule has 0 saturated carbocycles. The summed E-state index contributed by atoms with van der Waals surface area (Å²) in [5.41, 5.74) is -0.353. The highest BCUT2D eigenvalue weighted by Crippen LogP contribution is 2.31. The lowest BCUT2D eigenvalue weighted by molar-refractivity contribution is 0.000891. The van der Waals surface area contributed by atoms with E-state index in [9.17, 15) is 17.2 Å². The molecule has 0 N–H and O–H groups in total. The molecule has 0 heterocycles. The zero-order chi connectivity index (χ0) is 13.1. The van der Waals surface area contributed by atoms with Gasteiger partial charge >= 0.3 is 0 Å². The quantitative estimate of drug-likeness (QED) is 0.834. The van der Waals surface area contributed by atoms with Gasteiger partial charge in [0.25, 0.3) is 5.92 Å². The summed E-state index contributed by atoms with van der Waals surface area (Å²) >= 11 is 0. The summed E-state index contributed by atoms with van der Waals surface area (Å²) in [6, 6.07) is 5.75. The molecule has 1 aromatic rings. The van der Waals surface area contributed by atoms with Gasteiger partial charge in [0.1, 0.15) is 6.42 Å². The number of nitriles is 1. The number of halogens is 2. The fraction of sp³-hybridized carbons (Fsp3) is 0.364. The van der Waals surface area contributed by atoms with Crippen LogP contribution in [0.3, 0.4) is 0 Å². The van der Waals surface area contributed by atoms with E-state index in [4.69, 9.17) is 5.26 Å². The third-order valence-electron chi connectivity index (χ3n) is 2.32. The van der Waals surface area contributed by atoms with Gasteiger partial charge in [-0.1, -0.05) is 19.1 Å². The van der Waals surface area contributed by atoms with Gasteiger partial charge in [-0.3, -0.25) is 0 Å². The molecular weight excluding hydrogens is 248 g/mol. The maximum atomic E-state index is 13.3. The van der Waals surface area contributed by atoms with Gasteiger partial charge in [0.2, 0.25) is 0 Å². The van der Waals surface area contributed by atoms with Gasteiger partial charge in [-0.05, 0) is 12.1 Å². The molecule has 0 spiro atoms. The van der Waals surface area contributed by atoms with Crippen LogP contribution in [-0.2, 0) is 15.8 Å². The topological polar surface area (TPSA) is 57.9 Å². The molecule has 1 rings (SSSR count). The summed E-state index contributed by atoms with van der Waals surface area (Å²) in [6.07, 6.45) is -0.924. The molecule has 0 aromatic heterocycles. The molecule has 0 radical (unpaired) electrons. The Morgan fingerprint density at radius 2 is 1.82 bits per heavy atom. The highest BCUT2D eigenvalue weighted by atomic mass is 32.2. The van der Waals surface area contributed by atoms with Gasteiger partial charge in [0, 0.05) is 5.56 Å². The summed E-state index contributed by atoms with van der Waals surface area (Å²) in [5.74, 6) is -3.33. The SMILES string of the molecule is CCS(=O)(=O)c1ccc(C(F)(F)CC#N)cc1. The van der Waals surface area contributed by atoms with Gasteiger partial charge in [-0.25, -0.2) is 17.2 Å². The Morgan fingerprint density at radius 3 is 2.24 bits per heavy atom. The number of benzene rings is 1. The molecule has 92 valence electrons. The standard InChI is InChI=1S/C11H11F2NO2S/c1-2-17(15,16)10-5-3-9(4-6-10)11(12,13)7-8-14/h3-6H,2,7H2,1H3. The van der Waals surface area contributed by atoms with E-state index in [2.05, 4.69) is 0 Å². The molecule has 0 aliphatic rings. The van der Waals surface area contributed by atoms with Crippen LogP contribution in [0, 0.1) is 11.3 Å². The number of hydrogen-bond acceptors (Lipinski definition) is 3. The molecule has 0 fully saturated rings. The predicted octanol–water partition coefficient (Wildman–Crippen LogP) is 2.49. The minimum atomic E-state index is -3.38. The summed E-state index contributed by atoms with van der Waals surface area (Å²) < 4.78 is 49.5. The maximum Gasteiger partial charge on any atom is 0.286 e. The second kappa shape index (κ2) is 4.80. The van der Waals surface area contributed by atoms with Crippen LogP contribution in [0.1, 0.15) is 18.9 Å². The first-order valence-corrected chi connectivity index (χ1v) is 6.57. The van der Waals surface area contributed by atoms with Crippen LogP contribution in [-0.4, -0.2) is 14.2 Å². The zero-order valence-electron chi connectivity index (χ0n) is 9.15. The van der Waals surface area contributed by atoms with Crippen molar-refractivity contribution < 1.29 is 17.2 Å². The Balaban J connectivity index is 3.09. The smallest absolute Gasteiger partial charge is 0.224 e. The molecule has 0 unspecified atom stereocenters. The lowest BCUT2D eigenvalue weighted by Gasteiger charge is -2.13. The van der Waals surface area contributed by atoms with E-state index in [1.54, 1.807) is 0 Å². The summed E-state index contributed by atoms with van der Waals surface area (Å²) in [4.78, 5) is 0.0107. The predicted molar refractivity (Wildman–Crippen MR) is 58.3 cm³/mol. The Bertz CT molecular complexity index is 530. The Kier molecular flexibility index (Phi) is 3.83. The van der Waals surface area contributed by atoms with Crippen molar-refractivity contribution in [1.82, 2.24) is 0 Å². The lowest BCUT2D eigenvalue weighted by atomic mass is 10.1. The molecule has 0 atom stereocenters. The van der Waals surface area contributed by atoms with Crippen molar-refractivity contribution in [1.29, 1.82) is 5.26 Å². The van der Waals surface area contributed by atoms with Gasteiger partial charge < -0.3 is 0 Å². The van der Waals surface area contributed by atoms with Crippen molar-refractivity contribution in [2.24, 2.45) is 0 Å². The summed E-state index contributed by atoms with van der Waals surface area (Å²) in [6.45, 7) is 1.48. The Morgan fingerprint density at radius 1 is 1.29 bits per heavy atom. The highest BCUT2D eigenvalue weighted by Gasteiger charge is 2.31. The summed E-state index contributed by atoms with van der Waals surface area (Å²) in [7, 11) is -3.38. The van der Waals surface area contributed by atoms with Crippen molar-refractivity contribution in [3.63, 3.8) is 0 Å². The number of alkyl halides is 2. The average Bonchev–Trinajstić information content (AvgIpc) is 2.29. The van der Waals surface area contributed by atoms with Gasteiger partial charge in [0.05, 0.1) is 16.7 Å². The van der Waals surface area contributed by atoms with Gasteiger partial charge in [-0.2, -0.15) is 5.26 Å². The van der Waals surface area contributed by atoms with E-state index >= 15 is 0 Å². The monoisotopic (exact) mass is 259 g/mol. The molecular formula is C11H11F2NO2S. The Hall–Kier alpha value is -1.48. The van der Waals surface area contributed by atoms with E-state index in [-0.39, 0.29) is 16.2 Å². The maximum absolute atomic E-state index is 13.3. The van der Waals surface area contributed by atoms with E-state index in [1.165, 1.54) is 13.0 Å². The largest absolute Gasteiger partial charge is 0.286 e. The number of sulfone groups is 1. The molecule has 0 saturated heterocycles. The lowest BCUT2D eigenvalue weighted by Crippen LogP contribution is -2.12. The molecule has 17 heavy (non-hydrogen) atoms. The van der Waals surface area contributed by atoms with Crippen molar-refractivity contribution in [2.45, 2.75) is 24.2 Å². The zero-order valence-corrected chi connectivity index (χ0v) is 9.97. The van der Waals surface area contributed by atoms with Crippen LogP contribution in [0.2, 0.25) is 0 Å². The van der Waals surface area contributed by atoms with Crippen LogP contribution in [0.25, 0.3) is 0 Å². The minimum Gasteiger partial charge on any atom is -0.224 e. The summed E-state index contributed by atoms with van der Waals surface area (Å²) in [5, 5.41) is 8.26. The second-order valence-electron chi connectivity index (χ2n) is 3.47. The van der Waals surface area contributed by atoms with Crippen molar-refractivity contribution in [3.05, 3.63) is 29.8 Å². The highest BCUT2D eigenvalue weighted by molar-refractivity contribution is 7.91. The number of rotatable bonds is 4. The third-order valence-corrected chi connectivity index (χ3v) is 4.07. The van der Waals surface area contributed by atoms with Crippen LogP contribution in [0.5, 0.6) is 0 Å². The minimum absolute atomic E-state index is 0.0107. The first-order chi connectivity index (χ1) is 7.83. The molecule has 0 aliphatic carbocycles. The first-order valence-electron chi connectivity index (χ1n) is 4.91. The van der Waals surface area contributed by atoms with Crippen molar-refractivity contribution >= 4 is 9.84 Å². The fourth-order valence-electron chi connectivity index (χ4n) is 1.27. The molecule has 0 amide bonds. The van der Waals surface area contributed by atoms with Crippen molar-refractivity contribution in [2.75, 3.05) is 5.75 Å². The Labute approximate surface area is 98.6 Å². The fourth-order valence-corrected chi connectivity index (χ4v) is 2.16. The van der Waals surface area contributed by atoms with Gasteiger partial charge in [0.15, 0.2) is 9.84 Å². The molecule has 6 heteroatoms. The van der Waals surface area contributed by atoms with E-state index in [0.717, 1.165) is 24.3 Å². The molecule has 3 nitrogen and oxygen atoms in total. The molecule has 0 aliphatic heterocycles. The third kappa shape index (κ3) is 3.01. The first kappa shape index (κ1) is 13.6. The molecule has 0 bridgehead atoms. The average molecular weight is 259 g/mol. The van der Waals surface area contributed by atoms with Crippen molar-refractivity contribution in [3.8, 4) is 6.07 Å².